The molecule has 0 aliphatic heterocycles. The lowest BCUT2D eigenvalue weighted by molar-refractivity contribution is -0.235. The molecule has 11 heteroatoms. The van der Waals surface area contributed by atoms with Crippen LogP contribution in [0.15, 0.2) is 53.6 Å². The van der Waals surface area contributed by atoms with Crippen LogP contribution in [0.4, 0.5) is 0 Å². The van der Waals surface area contributed by atoms with E-state index < -0.39 is 82.8 Å². The lowest BCUT2D eigenvalue weighted by Gasteiger charge is -2.62. The molecule has 0 radical (unpaired) electrons. The molecule has 11 nitrogen and oxygen atoms in total. The average Bonchev–Trinajstić information content (AvgIpc) is 2.97. The highest BCUT2D eigenvalue weighted by molar-refractivity contribution is 5.98. The van der Waals surface area contributed by atoms with E-state index >= 15 is 0 Å². The summed E-state index contributed by atoms with van der Waals surface area (Å²) in [5, 5.41) is 12.8. The molecule has 2 bridgehead atoms. The third-order valence-electron chi connectivity index (χ3n) is 10.8. The van der Waals surface area contributed by atoms with Crippen molar-refractivity contribution in [1.82, 2.24) is 4.90 Å². The van der Waals surface area contributed by atoms with Gasteiger partial charge in [0.25, 0.3) is 0 Å². The first-order chi connectivity index (χ1) is 22.3. The molecule has 48 heavy (non-hydrogen) atoms. The van der Waals surface area contributed by atoms with E-state index in [9.17, 15) is 29.1 Å². The smallest absolute Gasteiger partial charge is 0.308 e. The van der Waals surface area contributed by atoms with Gasteiger partial charge >= 0.3 is 23.9 Å². The number of ketones is 1. The lowest BCUT2D eigenvalue weighted by Crippen LogP contribution is -2.70. The number of fused-ring (bicyclic) bond motifs is 3. The summed E-state index contributed by atoms with van der Waals surface area (Å²) in [4.78, 5) is 67.4. The van der Waals surface area contributed by atoms with Crippen LogP contribution in [0.3, 0.4) is 0 Å². The van der Waals surface area contributed by atoms with Crippen LogP contribution in [0, 0.1) is 16.7 Å². The molecule has 1 N–H and O–H groups in total. The lowest BCUT2D eigenvalue weighted by atomic mass is 9.47. The molecule has 2 saturated carbocycles. The number of hydrogen-bond acceptors (Lipinski definition) is 11. The van der Waals surface area contributed by atoms with Crippen molar-refractivity contribution in [3.8, 4) is 0 Å². The van der Waals surface area contributed by atoms with Gasteiger partial charge in [0.05, 0.1) is 6.42 Å². The highest BCUT2D eigenvalue weighted by Gasteiger charge is 2.69. The second-order valence-electron chi connectivity index (χ2n) is 14.4. The van der Waals surface area contributed by atoms with Gasteiger partial charge in [-0.25, -0.2) is 0 Å². The van der Waals surface area contributed by atoms with Crippen LogP contribution in [0.25, 0.3) is 0 Å². The summed E-state index contributed by atoms with van der Waals surface area (Å²) in [6.45, 7) is 14.8. The zero-order valence-corrected chi connectivity index (χ0v) is 29.5. The number of carbonyl (C=O) groups is 5. The highest BCUT2D eigenvalue weighted by Crippen LogP contribution is 2.62. The molecule has 0 spiro atoms. The fourth-order valence-electron chi connectivity index (χ4n) is 8.31. The molecule has 0 heterocycles. The van der Waals surface area contributed by atoms with Crippen LogP contribution in [0.2, 0.25) is 0 Å². The van der Waals surface area contributed by atoms with Crippen molar-refractivity contribution >= 4 is 29.7 Å². The van der Waals surface area contributed by atoms with Crippen LogP contribution in [0.5, 0.6) is 0 Å². The molecule has 4 rings (SSSR count). The van der Waals surface area contributed by atoms with Gasteiger partial charge in [-0.1, -0.05) is 57.7 Å². The molecule has 1 aromatic rings. The first-order valence-corrected chi connectivity index (χ1v) is 16.3. The molecule has 262 valence electrons. The number of benzene rings is 1. The predicted molar refractivity (Wildman–Crippen MR) is 175 cm³/mol. The third-order valence-corrected chi connectivity index (χ3v) is 10.8. The van der Waals surface area contributed by atoms with Crippen LogP contribution < -0.4 is 0 Å². The summed E-state index contributed by atoms with van der Waals surface area (Å²) < 4.78 is 24.0. The van der Waals surface area contributed by atoms with E-state index in [1.165, 1.54) is 20.8 Å². The second kappa shape index (κ2) is 13.6. The molecule has 2 fully saturated rings. The minimum Gasteiger partial charge on any atom is -0.459 e. The van der Waals surface area contributed by atoms with Crippen molar-refractivity contribution in [1.29, 1.82) is 0 Å². The Morgan fingerprint density at radius 1 is 0.938 bits per heavy atom. The number of allylic oxidation sites excluding steroid dienone is 1. The molecule has 3 aliphatic rings. The number of aliphatic hydroxyl groups is 1. The maximum Gasteiger partial charge on any atom is 0.308 e. The van der Waals surface area contributed by atoms with Crippen molar-refractivity contribution in [2.75, 3.05) is 14.1 Å². The molecule has 8 atom stereocenters. The SMILES string of the molecule is C=C1C(OC(=O)CC(c2ccccc2)N(C)C)CCC2(C)C(OC(C)=O)C(OC(C)=O)C3=C(C)C(=O)CC(O)(C(OC(C)=O)C12)C3(C)C. The maximum absolute atomic E-state index is 13.7. The van der Waals surface area contributed by atoms with Gasteiger partial charge in [-0.05, 0) is 56.1 Å². The van der Waals surface area contributed by atoms with Gasteiger partial charge in [-0.15, -0.1) is 0 Å². The van der Waals surface area contributed by atoms with Gasteiger partial charge in [0.2, 0.25) is 0 Å². The van der Waals surface area contributed by atoms with Crippen molar-refractivity contribution in [2.45, 2.75) is 110 Å². The maximum atomic E-state index is 13.7. The van der Waals surface area contributed by atoms with E-state index in [0.717, 1.165) is 5.56 Å². The number of ether oxygens (including phenoxy) is 4. The van der Waals surface area contributed by atoms with Crippen LogP contribution in [-0.4, -0.2) is 83.8 Å². The Kier molecular flexibility index (Phi) is 10.5. The first kappa shape index (κ1) is 37.0. The Bertz CT molecular complexity index is 1510. The first-order valence-electron chi connectivity index (χ1n) is 16.3. The fraction of sp³-hybridized carbons (Fsp3) is 0.595. The molecule has 1 aromatic carbocycles. The van der Waals surface area contributed by atoms with E-state index in [4.69, 9.17) is 18.9 Å². The van der Waals surface area contributed by atoms with E-state index in [1.807, 2.05) is 49.3 Å². The molecule has 8 unspecified atom stereocenters. The topological polar surface area (TPSA) is 146 Å². The quantitative estimate of drug-likeness (QED) is 0.239. The van der Waals surface area contributed by atoms with Gasteiger partial charge in [0, 0.05) is 50.0 Å². The summed E-state index contributed by atoms with van der Waals surface area (Å²) >= 11 is 0. The summed E-state index contributed by atoms with van der Waals surface area (Å²) in [6.07, 6.45) is -4.57. The summed E-state index contributed by atoms with van der Waals surface area (Å²) in [6, 6.07) is 9.31. The normalized spacial score (nSPS) is 31.9. The zero-order valence-electron chi connectivity index (χ0n) is 29.5. The Morgan fingerprint density at radius 2 is 1.50 bits per heavy atom. The van der Waals surface area contributed by atoms with Gasteiger partial charge in [-0.2, -0.15) is 0 Å². The van der Waals surface area contributed by atoms with Crippen molar-refractivity contribution < 1.29 is 48.0 Å². The van der Waals surface area contributed by atoms with E-state index in [-0.39, 0.29) is 36.5 Å². The van der Waals surface area contributed by atoms with Crippen LogP contribution in [-0.2, 0) is 42.9 Å². The second-order valence-corrected chi connectivity index (χ2v) is 14.4. The number of nitrogens with zero attached hydrogens (tertiary/aromatic N) is 1. The predicted octanol–water partition coefficient (Wildman–Crippen LogP) is 4.42. The summed E-state index contributed by atoms with van der Waals surface area (Å²) in [7, 11) is 3.75. The van der Waals surface area contributed by atoms with Crippen LogP contribution in [0.1, 0.15) is 85.8 Å². The van der Waals surface area contributed by atoms with Gasteiger partial charge in [0.15, 0.2) is 11.9 Å². The summed E-state index contributed by atoms with van der Waals surface area (Å²) in [5.74, 6) is -3.98. The largest absolute Gasteiger partial charge is 0.459 e. The number of hydrogen-bond donors (Lipinski definition) is 1. The Morgan fingerprint density at radius 3 is 2.04 bits per heavy atom. The molecule has 0 saturated heterocycles. The number of Topliss-reactive ketones (excluding diaryl/α,β-unsaturated/α-hetero) is 1. The zero-order chi connectivity index (χ0) is 35.9. The van der Waals surface area contributed by atoms with Crippen molar-refractivity contribution in [3.05, 3.63) is 59.2 Å². The van der Waals surface area contributed by atoms with Gasteiger partial charge in [-0.3, -0.25) is 24.0 Å². The van der Waals surface area contributed by atoms with E-state index in [0.29, 0.717) is 5.57 Å². The number of rotatable bonds is 8. The molecule has 0 aromatic heterocycles. The highest BCUT2D eigenvalue weighted by atomic mass is 16.6. The van der Waals surface area contributed by atoms with Gasteiger partial charge < -0.3 is 29.0 Å². The van der Waals surface area contributed by atoms with Crippen molar-refractivity contribution in [3.63, 3.8) is 0 Å². The molecule has 0 amide bonds. The minimum absolute atomic E-state index is 0.0413. The third kappa shape index (κ3) is 6.59. The standard InChI is InChI=1S/C37H49NO10/c1-20-27(42)19-37(44)33(46-23(4)40)31-21(2)28(48-29(43)18-26(38(9)10)25-14-12-11-13-15-25)16-17-36(31,8)34(47-24(5)41)32(45-22(3)39)30(20)35(37,6)7/h11-15,26,28,31-34,44H,2,16-19H2,1,3-10H3. The monoisotopic (exact) mass is 667 g/mol. The molecular formula is C37H49NO10. The van der Waals surface area contributed by atoms with Crippen LogP contribution >= 0.6 is 0 Å². The Labute approximate surface area is 282 Å². The fourth-order valence-corrected chi connectivity index (χ4v) is 8.31. The Balaban J connectivity index is 1.87. The van der Waals surface area contributed by atoms with E-state index in [2.05, 4.69) is 6.58 Å². The molecule has 3 aliphatic carbocycles. The van der Waals surface area contributed by atoms with E-state index in [1.54, 1.807) is 27.7 Å². The number of esters is 4. The van der Waals surface area contributed by atoms with Crippen molar-refractivity contribution in [2.24, 2.45) is 16.7 Å². The van der Waals surface area contributed by atoms with Gasteiger partial charge in [0.1, 0.15) is 23.9 Å². The Hall–Kier alpha value is -3.83. The average molecular weight is 668 g/mol. The summed E-state index contributed by atoms with van der Waals surface area (Å²) in [5.41, 5.74) is -2.72. The molecular weight excluding hydrogens is 618 g/mol. The number of carbonyl (C=O) groups excluding carboxylic acids is 5. The minimum atomic E-state index is -2.02.